The summed E-state index contributed by atoms with van der Waals surface area (Å²) in [7, 11) is 1.64. The lowest BCUT2D eigenvalue weighted by atomic mass is 9.82. The molecule has 140 valence electrons. The Bertz CT molecular complexity index is 574. The van der Waals surface area contributed by atoms with Crippen LogP contribution in [0.5, 0.6) is 0 Å². The number of aliphatic hydroxyl groups excluding tert-OH is 1. The van der Waals surface area contributed by atoms with Crippen molar-refractivity contribution in [2.75, 3.05) is 7.11 Å². The second kappa shape index (κ2) is 8.33. The highest BCUT2D eigenvalue weighted by atomic mass is 16.6. The lowest BCUT2D eigenvalue weighted by Crippen LogP contribution is -2.42. The summed E-state index contributed by atoms with van der Waals surface area (Å²) in [4.78, 5) is 12.0. The van der Waals surface area contributed by atoms with Crippen LogP contribution in [0.1, 0.15) is 59.3 Å². The number of ether oxygens (including phenoxy) is 2. The molecule has 4 heteroatoms. The Morgan fingerprint density at radius 3 is 2.68 bits per heavy atom. The average Bonchev–Trinajstić information content (AvgIpc) is 2.83. The van der Waals surface area contributed by atoms with Crippen molar-refractivity contribution in [3.05, 3.63) is 35.5 Å². The molecule has 1 aliphatic carbocycles. The summed E-state index contributed by atoms with van der Waals surface area (Å²) >= 11 is 0. The fraction of sp³-hybridized carbons (Fsp3) is 0.667. The minimum atomic E-state index is -0.639. The third-order valence-corrected chi connectivity index (χ3v) is 5.76. The second-order valence-electron chi connectivity index (χ2n) is 7.71. The summed E-state index contributed by atoms with van der Waals surface area (Å²) < 4.78 is 11.2. The van der Waals surface area contributed by atoms with Gasteiger partial charge in [0.2, 0.25) is 0 Å². The average molecular weight is 348 g/mol. The van der Waals surface area contributed by atoms with Crippen LogP contribution in [0.4, 0.5) is 0 Å². The highest BCUT2D eigenvalue weighted by molar-refractivity contribution is 5.91. The largest absolute Gasteiger partial charge is 0.454 e. The minimum Gasteiger partial charge on any atom is -0.454 e. The van der Waals surface area contributed by atoms with Gasteiger partial charge in [0.25, 0.3) is 0 Å². The topological polar surface area (TPSA) is 55.8 Å². The van der Waals surface area contributed by atoms with E-state index in [0.29, 0.717) is 24.8 Å². The molecule has 1 fully saturated rings. The monoisotopic (exact) mass is 348 g/mol. The molecule has 0 unspecified atom stereocenters. The third-order valence-electron chi connectivity index (χ3n) is 5.76. The van der Waals surface area contributed by atoms with E-state index in [4.69, 9.17) is 9.47 Å². The molecule has 1 saturated heterocycles. The third kappa shape index (κ3) is 4.83. The van der Waals surface area contributed by atoms with Gasteiger partial charge in [-0.2, -0.15) is 0 Å². The van der Waals surface area contributed by atoms with Crippen LogP contribution in [0.25, 0.3) is 0 Å². The molecular formula is C21H32O4. The number of carbonyl (C=O) groups excluding carboxylic acids is 1. The van der Waals surface area contributed by atoms with Crippen LogP contribution < -0.4 is 0 Å². The van der Waals surface area contributed by atoms with E-state index in [1.165, 1.54) is 11.1 Å². The predicted molar refractivity (Wildman–Crippen MR) is 99.1 cm³/mol. The van der Waals surface area contributed by atoms with E-state index in [2.05, 4.69) is 32.6 Å². The molecule has 0 aromatic heterocycles. The van der Waals surface area contributed by atoms with Gasteiger partial charge in [0.15, 0.2) is 0 Å². The number of hydrogen-bond acceptors (Lipinski definition) is 4. The molecule has 0 spiro atoms. The minimum absolute atomic E-state index is 0.0515. The molecule has 0 aromatic rings. The van der Waals surface area contributed by atoms with E-state index in [-0.39, 0.29) is 18.0 Å². The van der Waals surface area contributed by atoms with E-state index < -0.39 is 11.7 Å². The summed E-state index contributed by atoms with van der Waals surface area (Å²) in [5, 5.41) is 10.7. The highest BCUT2D eigenvalue weighted by Gasteiger charge is 2.40. The van der Waals surface area contributed by atoms with Crippen molar-refractivity contribution < 1.29 is 19.4 Å². The summed E-state index contributed by atoms with van der Waals surface area (Å²) in [5.74, 6) is -0.358. The summed E-state index contributed by atoms with van der Waals surface area (Å²) in [6.07, 6.45) is 8.28. The molecule has 4 atom stereocenters. The van der Waals surface area contributed by atoms with Crippen molar-refractivity contribution in [1.82, 2.24) is 0 Å². The first kappa shape index (κ1) is 19.9. The van der Waals surface area contributed by atoms with Gasteiger partial charge in [-0.25, -0.2) is 4.79 Å². The fourth-order valence-corrected chi connectivity index (χ4v) is 3.65. The smallest absolute Gasteiger partial charge is 0.334 e. The SMILES string of the molecule is C=C1C(=O)O[C@H]2/C=C(\C)CC/C=C(\C)CC[C@H](O)[C@](C)(OC)CC[C@@H]12. The number of aliphatic hydroxyl groups is 1. The lowest BCUT2D eigenvalue weighted by molar-refractivity contribution is -0.137. The quantitative estimate of drug-likeness (QED) is 0.440. The van der Waals surface area contributed by atoms with Crippen LogP contribution >= 0.6 is 0 Å². The Morgan fingerprint density at radius 1 is 1.28 bits per heavy atom. The van der Waals surface area contributed by atoms with Crippen molar-refractivity contribution in [1.29, 1.82) is 0 Å². The van der Waals surface area contributed by atoms with E-state index in [1.807, 2.05) is 6.92 Å². The number of fused-ring (bicyclic) bond motifs is 1. The Kier molecular flexibility index (Phi) is 6.64. The van der Waals surface area contributed by atoms with Gasteiger partial charge in [0, 0.05) is 18.6 Å². The van der Waals surface area contributed by atoms with Crippen molar-refractivity contribution in [3.63, 3.8) is 0 Å². The molecule has 1 aliphatic heterocycles. The van der Waals surface area contributed by atoms with Gasteiger partial charge in [-0.1, -0.05) is 23.8 Å². The van der Waals surface area contributed by atoms with Gasteiger partial charge < -0.3 is 14.6 Å². The molecule has 1 N–H and O–H groups in total. The summed E-state index contributed by atoms with van der Waals surface area (Å²) in [6, 6.07) is 0. The van der Waals surface area contributed by atoms with Crippen LogP contribution in [0.3, 0.4) is 0 Å². The van der Waals surface area contributed by atoms with E-state index in [9.17, 15) is 9.90 Å². The first-order valence-electron chi connectivity index (χ1n) is 9.22. The number of allylic oxidation sites excluding steroid dienone is 3. The van der Waals surface area contributed by atoms with E-state index in [0.717, 1.165) is 19.3 Å². The Balaban J connectivity index is 2.28. The van der Waals surface area contributed by atoms with Crippen LogP contribution in [0, 0.1) is 5.92 Å². The lowest BCUT2D eigenvalue weighted by Gasteiger charge is -2.34. The molecule has 2 rings (SSSR count). The molecule has 0 bridgehead atoms. The maximum Gasteiger partial charge on any atom is 0.334 e. The van der Waals surface area contributed by atoms with E-state index in [1.54, 1.807) is 7.11 Å². The first-order valence-corrected chi connectivity index (χ1v) is 9.22. The van der Waals surface area contributed by atoms with Crippen molar-refractivity contribution >= 4 is 5.97 Å². The van der Waals surface area contributed by atoms with Crippen LogP contribution in [-0.2, 0) is 14.3 Å². The summed E-state index contributed by atoms with van der Waals surface area (Å²) in [6.45, 7) is 10.1. The Morgan fingerprint density at radius 2 is 2.00 bits per heavy atom. The zero-order chi connectivity index (χ0) is 18.6. The zero-order valence-corrected chi connectivity index (χ0v) is 16.0. The number of hydrogen-bond donors (Lipinski definition) is 1. The molecular weight excluding hydrogens is 316 g/mol. The van der Waals surface area contributed by atoms with Gasteiger partial charge in [0.05, 0.1) is 11.7 Å². The molecule has 25 heavy (non-hydrogen) atoms. The van der Waals surface area contributed by atoms with Crippen LogP contribution in [-0.4, -0.2) is 36.0 Å². The Labute approximate surface area is 151 Å². The zero-order valence-electron chi connectivity index (χ0n) is 16.0. The number of rotatable bonds is 1. The Hall–Kier alpha value is -1.39. The molecule has 0 amide bonds. The van der Waals surface area contributed by atoms with Crippen molar-refractivity contribution in [3.8, 4) is 0 Å². The van der Waals surface area contributed by atoms with Gasteiger partial charge in [-0.3, -0.25) is 0 Å². The number of carbonyl (C=O) groups is 1. The molecule has 0 saturated carbocycles. The predicted octanol–water partition coefficient (Wildman–Crippen LogP) is 4.10. The maximum atomic E-state index is 12.0. The molecule has 0 aromatic carbocycles. The molecule has 1 heterocycles. The fourth-order valence-electron chi connectivity index (χ4n) is 3.65. The number of methoxy groups -OCH3 is 1. The molecule has 0 radical (unpaired) electrons. The van der Waals surface area contributed by atoms with Gasteiger partial charge in [-0.05, 0) is 65.4 Å². The van der Waals surface area contributed by atoms with Crippen LogP contribution in [0.2, 0.25) is 0 Å². The van der Waals surface area contributed by atoms with Crippen molar-refractivity contribution in [2.24, 2.45) is 5.92 Å². The van der Waals surface area contributed by atoms with Gasteiger partial charge >= 0.3 is 5.97 Å². The molecule has 4 nitrogen and oxygen atoms in total. The van der Waals surface area contributed by atoms with Gasteiger partial charge in [-0.15, -0.1) is 0 Å². The molecule has 2 aliphatic rings. The normalized spacial score (nSPS) is 39.5. The number of esters is 1. The van der Waals surface area contributed by atoms with Gasteiger partial charge in [0.1, 0.15) is 6.10 Å². The standard InChI is InChI=1S/C21H32O4/c1-14-7-6-8-15(2)13-18-17(16(3)20(23)25-18)11-12-21(4,24-5)19(22)10-9-14/h7,13,17-19,22H,3,6,8-12H2,1-2,4-5H3/b14-7+,15-13+/t17-,18-,19-,21+/m0/s1. The van der Waals surface area contributed by atoms with Crippen molar-refractivity contribution in [2.45, 2.75) is 77.1 Å². The maximum absolute atomic E-state index is 12.0. The van der Waals surface area contributed by atoms with E-state index >= 15 is 0 Å². The first-order chi connectivity index (χ1) is 11.8. The highest BCUT2D eigenvalue weighted by Crippen LogP contribution is 2.36. The van der Waals surface area contributed by atoms with Crippen LogP contribution in [0.15, 0.2) is 35.5 Å². The summed E-state index contributed by atoms with van der Waals surface area (Å²) in [5.41, 5.74) is 2.42. The second-order valence-corrected chi connectivity index (χ2v) is 7.71.